The molecule has 3 nitrogen and oxygen atoms in total. The SMILES string of the molecule is OC[C@H]1CN(Cc2ccc(F)c(F)c2F)C[C@H]1CN1CCCCC1. The van der Waals surface area contributed by atoms with E-state index in [2.05, 4.69) is 4.90 Å². The summed E-state index contributed by atoms with van der Waals surface area (Å²) in [6.07, 6.45) is 3.73. The summed E-state index contributed by atoms with van der Waals surface area (Å²) in [5, 5.41) is 9.66. The molecule has 0 bridgehead atoms. The predicted molar refractivity (Wildman–Crippen MR) is 85.9 cm³/mol. The molecule has 2 heterocycles. The second-order valence-corrected chi connectivity index (χ2v) is 7.09. The molecule has 2 fully saturated rings. The Balaban J connectivity index is 1.62. The summed E-state index contributed by atoms with van der Waals surface area (Å²) in [4.78, 5) is 4.48. The zero-order chi connectivity index (χ0) is 17.1. The molecular formula is C18H25F3N2O. The number of likely N-dealkylation sites (tertiary alicyclic amines) is 2. The van der Waals surface area contributed by atoms with Crippen LogP contribution < -0.4 is 0 Å². The van der Waals surface area contributed by atoms with Crippen molar-refractivity contribution < 1.29 is 18.3 Å². The molecule has 0 radical (unpaired) electrons. The van der Waals surface area contributed by atoms with Gasteiger partial charge in [-0.05, 0) is 43.8 Å². The van der Waals surface area contributed by atoms with E-state index >= 15 is 0 Å². The van der Waals surface area contributed by atoms with Crippen molar-refractivity contribution in [1.29, 1.82) is 0 Å². The van der Waals surface area contributed by atoms with Crippen molar-refractivity contribution in [2.45, 2.75) is 25.8 Å². The molecule has 6 heteroatoms. The highest BCUT2D eigenvalue weighted by Gasteiger charge is 2.34. The second kappa shape index (κ2) is 7.85. The van der Waals surface area contributed by atoms with E-state index < -0.39 is 17.5 Å². The molecule has 0 amide bonds. The zero-order valence-corrected chi connectivity index (χ0v) is 13.9. The molecular weight excluding hydrogens is 317 g/mol. The number of piperidine rings is 1. The first kappa shape index (κ1) is 17.7. The van der Waals surface area contributed by atoms with E-state index in [-0.39, 0.29) is 24.6 Å². The molecule has 2 saturated heterocycles. The minimum atomic E-state index is -1.41. The van der Waals surface area contributed by atoms with Gasteiger partial charge in [0.15, 0.2) is 17.5 Å². The van der Waals surface area contributed by atoms with Crippen molar-refractivity contribution in [2.75, 3.05) is 39.3 Å². The molecule has 2 aliphatic heterocycles. The summed E-state index contributed by atoms with van der Waals surface area (Å²) in [6, 6.07) is 2.28. The molecule has 2 aliphatic rings. The van der Waals surface area contributed by atoms with Crippen LogP contribution in [0.1, 0.15) is 24.8 Å². The van der Waals surface area contributed by atoms with Crippen molar-refractivity contribution >= 4 is 0 Å². The minimum absolute atomic E-state index is 0.106. The monoisotopic (exact) mass is 342 g/mol. The van der Waals surface area contributed by atoms with Crippen molar-refractivity contribution in [3.05, 3.63) is 35.1 Å². The molecule has 0 saturated carbocycles. The van der Waals surface area contributed by atoms with Gasteiger partial charge in [0, 0.05) is 38.3 Å². The van der Waals surface area contributed by atoms with Crippen molar-refractivity contribution in [3.63, 3.8) is 0 Å². The first-order chi connectivity index (χ1) is 11.6. The fraction of sp³-hybridized carbons (Fsp3) is 0.667. The Morgan fingerprint density at radius 1 is 0.917 bits per heavy atom. The van der Waals surface area contributed by atoms with Gasteiger partial charge in [-0.25, -0.2) is 13.2 Å². The fourth-order valence-electron chi connectivity index (χ4n) is 3.98. The van der Waals surface area contributed by atoms with Crippen LogP contribution in [0, 0.1) is 29.3 Å². The maximum absolute atomic E-state index is 13.9. The molecule has 0 aromatic heterocycles. The van der Waals surface area contributed by atoms with E-state index in [0.717, 1.165) is 32.2 Å². The molecule has 0 aliphatic carbocycles. The van der Waals surface area contributed by atoms with Crippen LogP contribution in [0.15, 0.2) is 12.1 Å². The Kier molecular flexibility index (Phi) is 5.79. The highest BCUT2D eigenvalue weighted by molar-refractivity contribution is 5.20. The first-order valence-electron chi connectivity index (χ1n) is 8.76. The number of aliphatic hydroxyl groups is 1. The van der Waals surface area contributed by atoms with E-state index in [4.69, 9.17) is 0 Å². The molecule has 1 aromatic carbocycles. The lowest BCUT2D eigenvalue weighted by molar-refractivity contribution is 0.149. The number of benzene rings is 1. The van der Waals surface area contributed by atoms with Gasteiger partial charge >= 0.3 is 0 Å². The number of halogens is 3. The Labute approximate surface area is 141 Å². The highest BCUT2D eigenvalue weighted by Crippen LogP contribution is 2.27. The summed E-state index contributed by atoms with van der Waals surface area (Å²) >= 11 is 0. The number of rotatable bonds is 5. The van der Waals surface area contributed by atoms with Crippen LogP contribution in [0.25, 0.3) is 0 Å². The van der Waals surface area contributed by atoms with E-state index in [9.17, 15) is 18.3 Å². The largest absolute Gasteiger partial charge is 0.396 e. The van der Waals surface area contributed by atoms with E-state index in [1.165, 1.54) is 25.3 Å². The van der Waals surface area contributed by atoms with Crippen molar-refractivity contribution in [1.82, 2.24) is 9.80 Å². The van der Waals surface area contributed by atoms with Gasteiger partial charge in [0.25, 0.3) is 0 Å². The topological polar surface area (TPSA) is 26.7 Å². The summed E-state index contributed by atoms with van der Waals surface area (Å²) in [5.41, 5.74) is 0.171. The molecule has 0 spiro atoms. The van der Waals surface area contributed by atoms with E-state index in [0.29, 0.717) is 12.5 Å². The standard InChI is InChI=1S/C18H25F3N2O/c19-16-5-4-13(17(20)18(16)21)8-23-10-14(15(11-23)12-24)9-22-6-2-1-3-7-22/h4-5,14-15,24H,1-3,6-12H2/t14-,15-/m1/s1. The average Bonchev–Trinajstić information content (AvgIpc) is 2.98. The summed E-state index contributed by atoms with van der Waals surface area (Å²) in [6.45, 7) is 4.92. The fourth-order valence-corrected chi connectivity index (χ4v) is 3.98. The van der Waals surface area contributed by atoms with Crippen LogP contribution in [0.5, 0.6) is 0 Å². The molecule has 1 N–H and O–H groups in total. The first-order valence-corrected chi connectivity index (χ1v) is 8.76. The lowest BCUT2D eigenvalue weighted by atomic mass is 9.95. The number of hydrogen-bond donors (Lipinski definition) is 1. The third-order valence-electron chi connectivity index (χ3n) is 5.34. The number of hydrogen-bond acceptors (Lipinski definition) is 3. The number of aliphatic hydroxyl groups excluding tert-OH is 1. The summed E-state index contributed by atoms with van der Waals surface area (Å²) < 4.78 is 40.3. The molecule has 2 atom stereocenters. The molecule has 0 unspecified atom stereocenters. The van der Waals surface area contributed by atoms with Gasteiger partial charge in [0.05, 0.1) is 0 Å². The van der Waals surface area contributed by atoms with Crippen LogP contribution in [0.4, 0.5) is 13.2 Å². The summed E-state index contributed by atoms with van der Waals surface area (Å²) in [7, 11) is 0. The van der Waals surface area contributed by atoms with Gasteiger partial charge in [0.2, 0.25) is 0 Å². The van der Waals surface area contributed by atoms with Crippen LogP contribution in [-0.4, -0.2) is 54.2 Å². The van der Waals surface area contributed by atoms with E-state index in [1.54, 1.807) is 0 Å². The van der Waals surface area contributed by atoms with Gasteiger partial charge < -0.3 is 10.0 Å². The second-order valence-electron chi connectivity index (χ2n) is 7.09. The lowest BCUT2D eigenvalue weighted by Gasteiger charge is -2.30. The Hall–Kier alpha value is -1.11. The van der Waals surface area contributed by atoms with E-state index in [1.807, 2.05) is 4.90 Å². The van der Waals surface area contributed by atoms with Gasteiger partial charge in [-0.1, -0.05) is 12.5 Å². The average molecular weight is 342 g/mol. The van der Waals surface area contributed by atoms with Crippen LogP contribution in [0.2, 0.25) is 0 Å². The van der Waals surface area contributed by atoms with Gasteiger partial charge in [-0.15, -0.1) is 0 Å². The minimum Gasteiger partial charge on any atom is -0.396 e. The molecule has 3 rings (SSSR count). The van der Waals surface area contributed by atoms with Crippen LogP contribution in [0.3, 0.4) is 0 Å². The Morgan fingerprint density at radius 2 is 1.62 bits per heavy atom. The van der Waals surface area contributed by atoms with Crippen molar-refractivity contribution in [3.8, 4) is 0 Å². The summed E-state index contributed by atoms with van der Waals surface area (Å²) in [5.74, 6) is -3.18. The molecule has 24 heavy (non-hydrogen) atoms. The smallest absolute Gasteiger partial charge is 0.194 e. The quantitative estimate of drug-likeness (QED) is 0.834. The third-order valence-corrected chi connectivity index (χ3v) is 5.34. The Bertz CT molecular complexity index is 563. The molecule has 134 valence electrons. The van der Waals surface area contributed by atoms with Crippen molar-refractivity contribution in [2.24, 2.45) is 11.8 Å². The van der Waals surface area contributed by atoms with Gasteiger partial charge in [-0.2, -0.15) is 0 Å². The lowest BCUT2D eigenvalue weighted by Crippen LogP contribution is -2.37. The highest BCUT2D eigenvalue weighted by atomic mass is 19.2. The molecule has 1 aromatic rings. The van der Waals surface area contributed by atoms with Crippen LogP contribution >= 0.6 is 0 Å². The zero-order valence-electron chi connectivity index (χ0n) is 13.9. The maximum atomic E-state index is 13.9. The normalized spacial score (nSPS) is 26.2. The maximum Gasteiger partial charge on any atom is 0.194 e. The Morgan fingerprint density at radius 3 is 2.33 bits per heavy atom. The number of nitrogens with zero attached hydrogens (tertiary/aromatic N) is 2. The van der Waals surface area contributed by atoms with Gasteiger partial charge in [-0.3, -0.25) is 4.90 Å². The third kappa shape index (κ3) is 3.92. The van der Waals surface area contributed by atoms with Crippen LogP contribution in [-0.2, 0) is 6.54 Å². The predicted octanol–water partition coefficient (Wildman–Crippen LogP) is 2.63. The van der Waals surface area contributed by atoms with Gasteiger partial charge in [0.1, 0.15) is 0 Å².